The van der Waals surface area contributed by atoms with Gasteiger partial charge >= 0.3 is 0 Å². The van der Waals surface area contributed by atoms with Gasteiger partial charge in [0.25, 0.3) is 0 Å². The molecule has 2 aromatic rings. The molecule has 0 bridgehead atoms. The van der Waals surface area contributed by atoms with Gasteiger partial charge in [0.2, 0.25) is 0 Å². The van der Waals surface area contributed by atoms with Crippen LogP contribution >= 0.6 is 11.6 Å². The zero-order valence-electron chi connectivity index (χ0n) is 10.2. The van der Waals surface area contributed by atoms with E-state index in [0.29, 0.717) is 18.2 Å². The van der Waals surface area contributed by atoms with Gasteiger partial charge in [0.1, 0.15) is 5.75 Å². The smallest absolute Gasteiger partial charge is 0.138 e. The Hall–Kier alpha value is -1.68. The second-order valence-electron chi connectivity index (χ2n) is 3.92. The fourth-order valence-corrected chi connectivity index (χ4v) is 1.75. The molecule has 5 heteroatoms. The summed E-state index contributed by atoms with van der Waals surface area (Å²) in [7, 11) is 0. The monoisotopic (exact) mass is 265 g/mol. The van der Waals surface area contributed by atoms with Crippen molar-refractivity contribution in [1.82, 2.24) is 9.97 Å². The summed E-state index contributed by atoms with van der Waals surface area (Å²) in [6, 6.07) is 5.70. The molecule has 0 saturated heterocycles. The summed E-state index contributed by atoms with van der Waals surface area (Å²) in [4.78, 5) is 6.99. The van der Waals surface area contributed by atoms with Crippen LogP contribution in [-0.4, -0.2) is 16.6 Å². The number of H-pyrrole nitrogens is 1. The van der Waals surface area contributed by atoms with E-state index in [1.165, 1.54) is 0 Å². The fourth-order valence-electron chi connectivity index (χ4n) is 1.52. The second-order valence-corrected chi connectivity index (χ2v) is 4.33. The first-order valence-corrected chi connectivity index (χ1v) is 6.31. The van der Waals surface area contributed by atoms with Crippen LogP contribution in [0.4, 0.5) is 5.69 Å². The number of rotatable bonds is 6. The Balaban J connectivity index is 1.95. The molecular weight excluding hydrogens is 250 g/mol. The van der Waals surface area contributed by atoms with Crippen molar-refractivity contribution in [2.45, 2.75) is 19.9 Å². The zero-order valence-corrected chi connectivity index (χ0v) is 11.0. The third-order valence-electron chi connectivity index (χ3n) is 2.43. The molecule has 96 valence electrons. The van der Waals surface area contributed by atoms with Crippen molar-refractivity contribution in [3.63, 3.8) is 0 Å². The lowest BCUT2D eigenvalue weighted by Crippen LogP contribution is -2.00. The van der Waals surface area contributed by atoms with Crippen LogP contribution in [-0.2, 0) is 6.54 Å². The quantitative estimate of drug-likeness (QED) is 0.841. The number of nitrogens with zero attached hydrogens (tertiary/aromatic N) is 1. The number of aromatic nitrogens is 2. The molecule has 1 aromatic carbocycles. The van der Waals surface area contributed by atoms with Crippen LogP contribution in [0.3, 0.4) is 0 Å². The summed E-state index contributed by atoms with van der Waals surface area (Å²) in [6.07, 6.45) is 4.41. The van der Waals surface area contributed by atoms with Crippen molar-refractivity contribution in [2.75, 3.05) is 11.9 Å². The van der Waals surface area contributed by atoms with E-state index in [4.69, 9.17) is 16.3 Å². The van der Waals surface area contributed by atoms with Gasteiger partial charge in [0, 0.05) is 11.9 Å². The highest BCUT2D eigenvalue weighted by atomic mass is 35.5. The van der Waals surface area contributed by atoms with Crippen molar-refractivity contribution < 1.29 is 4.74 Å². The van der Waals surface area contributed by atoms with Crippen LogP contribution in [0.25, 0.3) is 0 Å². The maximum atomic E-state index is 6.14. The van der Waals surface area contributed by atoms with Gasteiger partial charge < -0.3 is 15.0 Å². The van der Waals surface area contributed by atoms with E-state index in [0.717, 1.165) is 23.6 Å². The number of hydrogen-bond donors (Lipinski definition) is 2. The third kappa shape index (κ3) is 3.40. The lowest BCUT2D eigenvalue weighted by atomic mass is 10.3. The minimum absolute atomic E-state index is 0.623. The van der Waals surface area contributed by atoms with E-state index in [1.54, 1.807) is 12.5 Å². The molecule has 0 fully saturated rings. The second kappa shape index (κ2) is 6.31. The van der Waals surface area contributed by atoms with Crippen LogP contribution in [0.1, 0.15) is 19.0 Å². The maximum Gasteiger partial charge on any atom is 0.138 e. The van der Waals surface area contributed by atoms with Crippen molar-refractivity contribution in [3.05, 3.63) is 41.4 Å². The summed E-state index contributed by atoms with van der Waals surface area (Å²) in [5, 5.41) is 3.88. The lowest BCUT2D eigenvalue weighted by molar-refractivity contribution is 0.317. The highest BCUT2D eigenvalue weighted by molar-refractivity contribution is 6.32. The van der Waals surface area contributed by atoms with Crippen LogP contribution < -0.4 is 10.1 Å². The minimum Gasteiger partial charge on any atom is -0.492 e. The van der Waals surface area contributed by atoms with E-state index in [-0.39, 0.29) is 0 Å². The number of nitrogens with one attached hydrogen (secondary N) is 2. The molecular formula is C13H16ClN3O. The number of ether oxygens (including phenoxy) is 1. The highest BCUT2D eigenvalue weighted by Gasteiger charge is 2.03. The molecule has 0 amide bonds. The first kappa shape index (κ1) is 12.8. The largest absolute Gasteiger partial charge is 0.492 e. The topological polar surface area (TPSA) is 49.9 Å². The Morgan fingerprint density at radius 1 is 1.44 bits per heavy atom. The number of aromatic amines is 1. The SMILES string of the molecule is CCCOc1ccc(NCc2cnc[nH]2)cc1Cl. The number of halogens is 1. The van der Waals surface area contributed by atoms with E-state index in [9.17, 15) is 0 Å². The van der Waals surface area contributed by atoms with Crippen molar-refractivity contribution in [1.29, 1.82) is 0 Å². The zero-order chi connectivity index (χ0) is 12.8. The van der Waals surface area contributed by atoms with Gasteiger partial charge in [-0.15, -0.1) is 0 Å². The van der Waals surface area contributed by atoms with Gasteiger partial charge in [-0.2, -0.15) is 0 Å². The first-order chi connectivity index (χ1) is 8.79. The summed E-state index contributed by atoms with van der Waals surface area (Å²) < 4.78 is 5.52. The average molecular weight is 266 g/mol. The first-order valence-electron chi connectivity index (χ1n) is 5.93. The Bertz CT molecular complexity index is 485. The van der Waals surface area contributed by atoms with Gasteiger partial charge in [0.05, 0.1) is 30.2 Å². The van der Waals surface area contributed by atoms with Crippen LogP contribution in [0, 0.1) is 0 Å². The van der Waals surface area contributed by atoms with E-state index in [1.807, 2.05) is 18.2 Å². The van der Waals surface area contributed by atoms with Crippen molar-refractivity contribution in [2.24, 2.45) is 0 Å². The molecule has 18 heavy (non-hydrogen) atoms. The molecule has 0 saturated carbocycles. The van der Waals surface area contributed by atoms with Gasteiger partial charge in [-0.25, -0.2) is 4.98 Å². The van der Waals surface area contributed by atoms with E-state index >= 15 is 0 Å². The molecule has 0 radical (unpaired) electrons. The van der Waals surface area contributed by atoms with Crippen LogP contribution in [0.5, 0.6) is 5.75 Å². The van der Waals surface area contributed by atoms with Crippen LogP contribution in [0.15, 0.2) is 30.7 Å². The van der Waals surface area contributed by atoms with Gasteiger partial charge in [-0.05, 0) is 24.6 Å². The standard InChI is InChI=1S/C13H16ClN3O/c1-2-5-18-13-4-3-10(6-12(13)14)16-8-11-7-15-9-17-11/h3-4,6-7,9,16H,2,5,8H2,1H3,(H,15,17). The minimum atomic E-state index is 0.623. The lowest BCUT2D eigenvalue weighted by Gasteiger charge is -2.09. The molecule has 0 atom stereocenters. The predicted octanol–water partition coefficient (Wildman–Crippen LogP) is 3.46. The summed E-state index contributed by atoms with van der Waals surface area (Å²) in [5.74, 6) is 0.727. The molecule has 0 aliphatic rings. The van der Waals surface area contributed by atoms with Crippen LogP contribution in [0.2, 0.25) is 5.02 Å². The molecule has 4 nitrogen and oxygen atoms in total. The molecule has 2 N–H and O–H groups in total. The number of imidazole rings is 1. The molecule has 0 spiro atoms. The Labute approximate surface area is 111 Å². The van der Waals surface area contributed by atoms with Gasteiger partial charge in [0.15, 0.2) is 0 Å². The number of anilines is 1. The molecule has 2 rings (SSSR count). The molecule has 0 unspecified atom stereocenters. The summed E-state index contributed by atoms with van der Waals surface area (Å²) in [6.45, 7) is 3.43. The van der Waals surface area contributed by atoms with Crippen molar-refractivity contribution >= 4 is 17.3 Å². The Kier molecular flexibility index (Phi) is 4.47. The normalized spacial score (nSPS) is 10.3. The summed E-state index contributed by atoms with van der Waals surface area (Å²) in [5.41, 5.74) is 1.98. The third-order valence-corrected chi connectivity index (χ3v) is 2.73. The van der Waals surface area contributed by atoms with Gasteiger partial charge in [-0.3, -0.25) is 0 Å². The number of hydrogen-bond acceptors (Lipinski definition) is 3. The summed E-state index contributed by atoms with van der Waals surface area (Å²) >= 11 is 6.14. The average Bonchev–Trinajstić information content (AvgIpc) is 2.88. The molecule has 0 aliphatic heterocycles. The predicted molar refractivity (Wildman–Crippen MR) is 73.2 cm³/mol. The molecule has 1 heterocycles. The van der Waals surface area contributed by atoms with Gasteiger partial charge in [-0.1, -0.05) is 18.5 Å². The molecule has 0 aliphatic carbocycles. The van der Waals surface area contributed by atoms with E-state index < -0.39 is 0 Å². The number of benzene rings is 1. The van der Waals surface area contributed by atoms with Crippen molar-refractivity contribution in [3.8, 4) is 5.75 Å². The fraction of sp³-hybridized carbons (Fsp3) is 0.308. The highest BCUT2D eigenvalue weighted by Crippen LogP contribution is 2.27. The Morgan fingerprint density at radius 3 is 3.00 bits per heavy atom. The molecule has 1 aromatic heterocycles. The van der Waals surface area contributed by atoms with E-state index in [2.05, 4.69) is 22.2 Å². The Morgan fingerprint density at radius 2 is 2.33 bits per heavy atom. The maximum absolute atomic E-state index is 6.14.